The van der Waals surface area contributed by atoms with Gasteiger partial charge in [-0.15, -0.1) is 0 Å². The average Bonchev–Trinajstić information content (AvgIpc) is 3.01. The Hall–Kier alpha value is -3.12. The molecule has 3 amide bonds. The van der Waals surface area contributed by atoms with E-state index in [0.29, 0.717) is 22.0 Å². The summed E-state index contributed by atoms with van der Waals surface area (Å²) in [5, 5.41) is 11.5. The van der Waals surface area contributed by atoms with Crippen molar-refractivity contribution >= 4 is 58.1 Å². The number of hydrogen-bond donors (Lipinski definition) is 3. The summed E-state index contributed by atoms with van der Waals surface area (Å²) in [5.41, 5.74) is 5.73. The lowest BCUT2D eigenvalue weighted by Gasteiger charge is -2.16. The molecule has 1 aliphatic rings. The number of benzene rings is 1. The molecule has 0 aliphatic carbocycles. The highest BCUT2D eigenvalue weighted by Crippen LogP contribution is 2.34. The Labute approximate surface area is 194 Å². The van der Waals surface area contributed by atoms with Crippen molar-refractivity contribution in [2.45, 2.75) is 25.3 Å². The molecular formula is C20H23N3O7S2. The molecule has 0 bridgehead atoms. The second kappa shape index (κ2) is 11.5. The highest BCUT2D eigenvalue weighted by atomic mass is 32.2. The molecule has 172 valence electrons. The molecule has 10 nitrogen and oxygen atoms in total. The van der Waals surface area contributed by atoms with Crippen LogP contribution in [-0.2, 0) is 19.2 Å². The molecule has 0 radical (unpaired) electrons. The third-order valence-electron chi connectivity index (χ3n) is 4.45. The Balaban J connectivity index is 2.01. The van der Waals surface area contributed by atoms with Crippen molar-refractivity contribution in [3.05, 3.63) is 28.7 Å². The maximum atomic E-state index is 12.7. The number of nitrogens with zero attached hydrogens (tertiary/aromatic N) is 1. The van der Waals surface area contributed by atoms with E-state index in [-0.39, 0.29) is 36.0 Å². The van der Waals surface area contributed by atoms with Crippen molar-refractivity contribution in [1.29, 1.82) is 0 Å². The van der Waals surface area contributed by atoms with Crippen LogP contribution in [0.25, 0.3) is 6.08 Å². The lowest BCUT2D eigenvalue weighted by molar-refractivity contribution is -0.142. The fraction of sp³-hybridized carbons (Fsp3) is 0.350. The molecule has 1 saturated heterocycles. The third kappa shape index (κ3) is 6.69. The standard InChI is InChI=1S/C20H23N3O7S2/c1-29-13-5-3-11(9-14(13)30-2)10-15-18(26)23(20(31)32-15)8-7-17(25)22-12(19(27)28)4-6-16(21)24/h3,5,9-10,12H,4,6-8H2,1-2H3,(H2,21,24)(H,22,25)(H,27,28)/b15-10+/t12-/m0/s1. The van der Waals surface area contributed by atoms with Gasteiger partial charge in [-0.05, 0) is 30.2 Å². The summed E-state index contributed by atoms with van der Waals surface area (Å²) in [7, 11) is 3.03. The van der Waals surface area contributed by atoms with E-state index in [0.717, 1.165) is 11.8 Å². The van der Waals surface area contributed by atoms with Gasteiger partial charge in [0.05, 0.1) is 19.1 Å². The van der Waals surface area contributed by atoms with Crippen LogP contribution >= 0.6 is 24.0 Å². The van der Waals surface area contributed by atoms with E-state index in [4.69, 9.17) is 32.5 Å². The van der Waals surface area contributed by atoms with Crippen LogP contribution in [0.15, 0.2) is 23.1 Å². The zero-order valence-electron chi connectivity index (χ0n) is 17.5. The normalized spacial score (nSPS) is 15.6. The van der Waals surface area contributed by atoms with Crippen molar-refractivity contribution in [3.8, 4) is 11.5 Å². The molecule has 0 unspecified atom stereocenters. The van der Waals surface area contributed by atoms with Crippen molar-refractivity contribution in [3.63, 3.8) is 0 Å². The number of primary amides is 1. The quantitative estimate of drug-likeness (QED) is 0.312. The summed E-state index contributed by atoms with van der Waals surface area (Å²) in [4.78, 5) is 48.6. The van der Waals surface area contributed by atoms with Crippen LogP contribution in [0.2, 0.25) is 0 Å². The molecule has 1 aromatic carbocycles. The molecule has 1 aromatic rings. The smallest absolute Gasteiger partial charge is 0.326 e. The van der Waals surface area contributed by atoms with Crippen molar-refractivity contribution in [2.75, 3.05) is 20.8 Å². The zero-order chi connectivity index (χ0) is 23.8. The molecule has 32 heavy (non-hydrogen) atoms. The molecule has 12 heteroatoms. The number of aliphatic carboxylic acids is 1. The van der Waals surface area contributed by atoms with E-state index in [9.17, 15) is 19.2 Å². The van der Waals surface area contributed by atoms with Gasteiger partial charge in [-0.1, -0.05) is 30.0 Å². The number of methoxy groups -OCH3 is 2. The molecule has 0 aromatic heterocycles. The van der Waals surface area contributed by atoms with Gasteiger partial charge in [-0.3, -0.25) is 19.3 Å². The van der Waals surface area contributed by atoms with Gasteiger partial charge in [0.1, 0.15) is 10.4 Å². The number of carbonyl (C=O) groups excluding carboxylic acids is 3. The highest BCUT2D eigenvalue weighted by Gasteiger charge is 2.32. The van der Waals surface area contributed by atoms with Gasteiger partial charge >= 0.3 is 5.97 Å². The Morgan fingerprint density at radius 2 is 1.94 bits per heavy atom. The van der Waals surface area contributed by atoms with Gasteiger partial charge < -0.3 is 25.6 Å². The average molecular weight is 482 g/mol. The van der Waals surface area contributed by atoms with Gasteiger partial charge in [0.15, 0.2) is 11.5 Å². The zero-order valence-corrected chi connectivity index (χ0v) is 19.1. The number of carboxylic acid groups (broad SMARTS) is 1. The number of rotatable bonds is 11. The Morgan fingerprint density at radius 1 is 1.25 bits per heavy atom. The number of nitrogens with one attached hydrogen (secondary N) is 1. The molecule has 1 atom stereocenters. The van der Waals surface area contributed by atoms with Gasteiger partial charge in [0, 0.05) is 19.4 Å². The Bertz CT molecular complexity index is 965. The fourth-order valence-corrected chi connectivity index (χ4v) is 4.12. The predicted octanol–water partition coefficient (Wildman–Crippen LogP) is 1.13. The van der Waals surface area contributed by atoms with Gasteiger partial charge in [-0.2, -0.15) is 0 Å². The summed E-state index contributed by atoms with van der Waals surface area (Å²) in [6.45, 7) is -0.0120. The van der Waals surface area contributed by atoms with Gasteiger partial charge in [0.2, 0.25) is 11.8 Å². The summed E-state index contributed by atoms with van der Waals surface area (Å²) in [6, 6.07) is 3.95. The maximum Gasteiger partial charge on any atom is 0.326 e. The van der Waals surface area contributed by atoms with Crippen LogP contribution in [-0.4, -0.2) is 64.8 Å². The number of amides is 3. The van der Waals surface area contributed by atoms with Crippen LogP contribution in [0.1, 0.15) is 24.8 Å². The molecule has 1 aliphatic heterocycles. The lowest BCUT2D eigenvalue weighted by atomic mass is 10.1. The molecular weight excluding hydrogens is 458 g/mol. The summed E-state index contributed by atoms with van der Waals surface area (Å²) in [5.74, 6) is -1.81. The molecule has 0 spiro atoms. The van der Waals surface area contributed by atoms with Gasteiger partial charge in [0.25, 0.3) is 5.91 Å². The fourth-order valence-electron chi connectivity index (χ4n) is 2.81. The predicted molar refractivity (Wildman–Crippen MR) is 122 cm³/mol. The van der Waals surface area contributed by atoms with E-state index in [1.807, 2.05) is 0 Å². The Kier molecular flexibility index (Phi) is 9.02. The first-order valence-corrected chi connectivity index (χ1v) is 10.7. The third-order valence-corrected chi connectivity index (χ3v) is 5.83. The molecule has 0 saturated carbocycles. The maximum absolute atomic E-state index is 12.7. The Morgan fingerprint density at radius 3 is 2.53 bits per heavy atom. The number of carboxylic acids is 1. The minimum atomic E-state index is -1.27. The summed E-state index contributed by atoms with van der Waals surface area (Å²) >= 11 is 6.36. The second-order valence-corrected chi connectivity index (χ2v) is 8.34. The van der Waals surface area contributed by atoms with Crippen molar-refractivity contribution in [1.82, 2.24) is 10.2 Å². The van der Waals surface area contributed by atoms with E-state index in [1.165, 1.54) is 19.1 Å². The monoisotopic (exact) mass is 481 g/mol. The van der Waals surface area contributed by atoms with Crippen LogP contribution in [0.5, 0.6) is 11.5 Å². The van der Waals surface area contributed by atoms with E-state index in [1.54, 1.807) is 24.3 Å². The van der Waals surface area contributed by atoms with Crippen LogP contribution in [0.4, 0.5) is 0 Å². The molecule has 4 N–H and O–H groups in total. The van der Waals surface area contributed by atoms with E-state index < -0.39 is 23.8 Å². The summed E-state index contributed by atoms with van der Waals surface area (Å²) < 4.78 is 10.7. The minimum absolute atomic E-state index is 0.0120. The van der Waals surface area contributed by atoms with E-state index >= 15 is 0 Å². The first-order chi connectivity index (χ1) is 15.2. The lowest BCUT2D eigenvalue weighted by Crippen LogP contribution is -2.42. The number of thioether (sulfide) groups is 1. The van der Waals surface area contributed by atoms with Crippen molar-refractivity contribution < 1.29 is 33.8 Å². The van der Waals surface area contributed by atoms with Crippen LogP contribution < -0.4 is 20.5 Å². The number of hydrogen-bond acceptors (Lipinski definition) is 8. The van der Waals surface area contributed by atoms with Gasteiger partial charge in [-0.25, -0.2) is 4.79 Å². The first kappa shape index (κ1) is 25.1. The van der Waals surface area contributed by atoms with E-state index in [2.05, 4.69) is 5.32 Å². The minimum Gasteiger partial charge on any atom is -0.493 e. The number of nitrogens with two attached hydrogens (primary N) is 1. The number of thiocarbonyl (C=S) groups is 1. The molecule has 2 rings (SSSR count). The summed E-state index contributed by atoms with van der Waals surface area (Å²) in [6.07, 6.45) is 1.21. The SMILES string of the molecule is COc1ccc(/C=C2/SC(=S)N(CCC(=O)N[C@@H](CCC(N)=O)C(=O)O)C2=O)cc1OC. The first-order valence-electron chi connectivity index (χ1n) is 9.44. The largest absolute Gasteiger partial charge is 0.493 e. The molecule has 1 fully saturated rings. The highest BCUT2D eigenvalue weighted by molar-refractivity contribution is 8.26. The number of ether oxygens (including phenoxy) is 2. The molecule has 1 heterocycles. The number of carbonyl (C=O) groups is 4. The van der Waals surface area contributed by atoms with Crippen LogP contribution in [0.3, 0.4) is 0 Å². The second-order valence-electron chi connectivity index (χ2n) is 6.66. The van der Waals surface area contributed by atoms with Crippen molar-refractivity contribution in [2.24, 2.45) is 5.73 Å². The topological polar surface area (TPSA) is 148 Å². The van der Waals surface area contributed by atoms with Crippen LogP contribution in [0, 0.1) is 0 Å².